The maximum absolute atomic E-state index is 12.6. The topological polar surface area (TPSA) is 52.6 Å². The Morgan fingerprint density at radius 2 is 0.892 bits per heavy atom. The second-order valence-corrected chi connectivity index (χ2v) is 9.74. The van der Waals surface area contributed by atoms with Gasteiger partial charge >= 0.3 is 0 Å². The standard InChI is InChI=1S/C32H22O4S/c33-19-25-29(21-11-3-1-4-12-21)35-27-17-9-7-15-23(27)31(25)37-32-24-16-8-10-18-28(24)36-30(26(32)20-34)22-13-5-2-6-14-22/h1-20,29-30H. The summed E-state index contributed by atoms with van der Waals surface area (Å²) in [5.41, 5.74) is 4.45. The Morgan fingerprint density at radius 1 is 0.514 bits per heavy atom. The fourth-order valence-corrected chi connectivity index (χ4v) is 6.06. The van der Waals surface area contributed by atoms with Crippen LogP contribution in [0.4, 0.5) is 0 Å². The molecule has 4 aromatic rings. The molecule has 4 aromatic carbocycles. The number of hydrogen-bond donors (Lipinski definition) is 0. The Bertz CT molecular complexity index is 1420. The molecule has 0 fully saturated rings. The summed E-state index contributed by atoms with van der Waals surface area (Å²) in [5, 5.41) is 0. The number of thioether (sulfide) groups is 1. The summed E-state index contributed by atoms with van der Waals surface area (Å²) >= 11 is 1.43. The predicted octanol–water partition coefficient (Wildman–Crippen LogP) is 7.21. The number of para-hydroxylation sites is 2. The number of hydrogen-bond acceptors (Lipinski definition) is 5. The lowest BCUT2D eigenvalue weighted by Crippen LogP contribution is -2.19. The number of rotatable bonds is 6. The van der Waals surface area contributed by atoms with Gasteiger partial charge in [-0.15, -0.1) is 0 Å². The van der Waals surface area contributed by atoms with Crippen LogP contribution in [0.15, 0.2) is 120 Å². The number of carbonyl (C=O) groups is 2. The van der Waals surface area contributed by atoms with Gasteiger partial charge in [-0.3, -0.25) is 9.59 Å². The Labute approximate surface area is 219 Å². The van der Waals surface area contributed by atoms with Crippen molar-refractivity contribution in [1.82, 2.24) is 0 Å². The van der Waals surface area contributed by atoms with Crippen molar-refractivity contribution in [2.75, 3.05) is 0 Å². The van der Waals surface area contributed by atoms with E-state index in [1.54, 1.807) is 0 Å². The molecule has 0 aliphatic carbocycles. The van der Waals surface area contributed by atoms with Crippen molar-refractivity contribution in [2.45, 2.75) is 12.2 Å². The van der Waals surface area contributed by atoms with Crippen LogP contribution < -0.4 is 9.47 Å². The van der Waals surface area contributed by atoms with Gasteiger partial charge in [-0.05, 0) is 23.3 Å². The third-order valence-electron chi connectivity index (χ3n) is 6.51. The number of fused-ring (bicyclic) bond motifs is 2. The lowest BCUT2D eigenvalue weighted by Gasteiger charge is -2.32. The fraction of sp³-hybridized carbons (Fsp3) is 0.0625. The van der Waals surface area contributed by atoms with Crippen LogP contribution in [0.3, 0.4) is 0 Å². The monoisotopic (exact) mass is 502 g/mol. The lowest BCUT2D eigenvalue weighted by molar-refractivity contribution is -0.106. The van der Waals surface area contributed by atoms with Crippen LogP contribution in [0.1, 0.15) is 34.5 Å². The van der Waals surface area contributed by atoms with Gasteiger partial charge in [-0.2, -0.15) is 0 Å². The summed E-state index contributed by atoms with van der Waals surface area (Å²) in [6.07, 6.45) is 0.626. The first kappa shape index (κ1) is 23.1. The Hall–Kier alpha value is -4.35. The highest BCUT2D eigenvalue weighted by molar-refractivity contribution is 8.16. The Kier molecular flexibility index (Phi) is 6.21. The van der Waals surface area contributed by atoms with E-state index >= 15 is 0 Å². The first-order chi connectivity index (χ1) is 18.3. The van der Waals surface area contributed by atoms with E-state index in [0.29, 0.717) is 22.6 Å². The maximum Gasteiger partial charge on any atom is 0.153 e. The van der Waals surface area contributed by atoms with Crippen LogP contribution in [-0.4, -0.2) is 12.6 Å². The average Bonchev–Trinajstić information content (AvgIpc) is 2.97. The number of benzene rings is 4. The molecule has 180 valence electrons. The predicted molar refractivity (Wildman–Crippen MR) is 146 cm³/mol. The fourth-order valence-electron chi connectivity index (χ4n) is 4.76. The van der Waals surface area contributed by atoms with Crippen molar-refractivity contribution >= 4 is 34.1 Å². The van der Waals surface area contributed by atoms with Crippen molar-refractivity contribution in [2.24, 2.45) is 0 Å². The minimum absolute atomic E-state index is 0.521. The molecule has 4 nitrogen and oxygen atoms in total. The van der Waals surface area contributed by atoms with E-state index in [1.807, 2.05) is 109 Å². The van der Waals surface area contributed by atoms with E-state index in [9.17, 15) is 9.59 Å². The van der Waals surface area contributed by atoms with Gasteiger partial charge in [0.1, 0.15) is 11.5 Å². The summed E-state index contributed by atoms with van der Waals surface area (Å²) in [5.74, 6) is 1.38. The number of aldehydes is 2. The van der Waals surface area contributed by atoms with Crippen molar-refractivity contribution in [3.63, 3.8) is 0 Å². The molecule has 2 aliphatic heterocycles. The van der Waals surface area contributed by atoms with Gasteiger partial charge in [-0.25, -0.2) is 0 Å². The summed E-state index contributed by atoms with van der Waals surface area (Å²) in [4.78, 5) is 26.8. The molecule has 2 unspecified atom stereocenters. The quantitative estimate of drug-likeness (QED) is 0.261. The SMILES string of the molecule is O=CC1=C(SC2=C(C=O)C(c3ccccc3)Oc3ccccc32)c2ccccc2OC1c1ccccc1. The van der Waals surface area contributed by atoms with E-state index in [1.165, 1.54) is 11.8 Å². The molecule has 0 saturated heterocycles. The second kappa shape index (κ2) is 9.96. The molecular formula is C32H22O4S. The Morgan fingerprint density at radius 3 is 1.30 bits per heavy atom. The zero-order valence-electron chi connectivity index (χ0n) is 19.7. The third-order valence-corrected chi connectivity index (χ3v) is 7.82. The zero-order chi connectivity index (χ0) is 25.2. The highest BCUT2D eigenvalue weighted by Gasteiger charge is 2.35. The van der Waals surface area contributed by atoms with E-state index < -0.39 is 12.2 Å². The molecule has 6 rings (SSSR count). The van der Waals surface area contributed by atoms with E-state index in [4.69, 9.17) is 9.47 Å². The third kappa shape index (κ3) is 4.17. The first-order valence-corrected chi connectivity index (χ1v) is 12.8. The number of carbonyl (C=O) groups excluding carboxylic acids is 2. The summed E-state index contributed by atoms with van der Waals surface area (Å²) in [7, 11) is 0. The molecule has 2 aliphatic rings. The number of ether oxygens (including phenoxy) is 2. The molecule has 2 heterocycles. The molecule has 0 spiro atoms. The van der Waals surface area contributed by atoms with Crippen LogP contribution in [0.2, 0.25) is 0 Å². The van der Waals surface area contributed by atoms with Gasteiger partial charge in [0.05, 0.1) is 11.1 Å². The average molecular weight is 503 g/mol. The van der Waals surface area contributed by atoms with Gasteiger partial charge in [0.15, 0.2) is 24.8 Å². The summed E-state index contributed by atoms with van der Waals surface area (Å²) in [6.45, 7) is 0. The minimum atomic E-state index is -0.559. The van der Waals surface area contributed by atoms with Crippen LogP contribution in [0.25, 0.3) is 9.81 Å². The van der Waals surface area contributed by atoms with Crippen LogP contribution in [-0.2, 0) is 9.59 Å². The lowest BCUT2D eigenvalue weighted by atomic mass is 9.96. The Balaban J connectivity index is 1.56. The van der Waals surface area contributed by atoms with E-state index in [0.717, 1.165) is 44.6 Å². The van der Waals surface area contributed by atoms with Crippen LogP contribution >= 0.6 is 11.8 Å². The van der Waals surface area contributed by atoms with Gasteiger partial charge in [0, 0.05) is 20.9 Å². The summed E-state index contributed by atoms with van der Waals surface area (Å²) < 4.78 is 12.7. The molecule has 2 atom stereocenters. The first-order valence-electron chi connectivity index (χ1n) is 12.0. The van der Waals surface area contributed by atoms with Gasteiger partial charge in [0.2, 0.25) is 0 Å². The van der Waals surface area contributed by atoms with Crippen molar-refractivity contribution in [3.05, 3.63) is 143 Å². The molecule has 0 N–H and O–H groups in total. The second-order valence-electron chi connectivity index (χ2n) is 8.72. The molecule has 0 amide bonds. The molecule has 37 heavy (non-hydrogen) atoms. The molecule has 0 bridgehead atoms. The maximum atomic E-state index is 12.6. The van der Waals surface area contributed by atoms with Gasteiger partial charge < -0.3 is 9.47 Å². The minimum Gasteiger partial charge on any atom is -0.480 e. The van der Waals surface area contributed by atoms with Crippen molar-refractivity contribution < 1.29 is 19.1 Å². The highest BCUT2D eigenvalue weighted by atomic mass is 32.2. The molecule has 0 saturated carbocycles. The highest BCUT2D eigenvalue weighted by Crippen LogP contribution is 2.54. The molecule has 0 radical (unpaired) electrons. The van der Waals surface area contributed by atoms with Crippen molar-refractivity contribution in [3.8, 4) is 11.5 Å². The van der Waals surface area contributed by atoms with Gasteiger partial charge in [0.25, 0.3) is 0 Å². The molecular weight excluding hydrogens is 480 g/mol. The van der Waals surface area contributed by atoms with Crippen LogP contribution in [0, 0.1) is 0 Å². The van der Waals surface area contributed by atoms with Crippen molar-refractivity contribution in [1.29, 1.82) is 0 Å². The largest absolute Gasteiger partial charge is 0.480 e. The smallest absolute Gasteiger partial charge is 0.153 e. The summed E-state index contributed by atoms with van der Waals surface area (Å²) in [6, 6.07) is 34.8. The molecule has 5 heteroatoms. The normalized spacial score (nSPS) is 18.3. The van der Waals surface area contributed by atoms with E-state index in [-0.39, 0.29) is 0 Å². The molecule has 0 aromatic heterocycles. The van der Waals surface area contributed by atoms with Crippen LogP contribution in [0.5, 0.6) is 11.5 Å². The van der Waals surface area contributed by atoms with E-state index in [2.05, 4.69) is 0 Å². The van der Waals surface area contributed by atoms with Gasteiger partial charge in [-0.1, -0.05) is 109 Å². The zero-order valence-corrected chi connectivity index (χ0v) is 20.6.